The predicted octanol–water partition coefficient (Wildman–Crippen LogP) is 4.91. The molecule has 9 heteroatoms. The van der Waals surface area contributed by atoms with Gasteiger partial charge in [-0.2, -0.15) is 10.2 Å². The third-order valence-electron chi connectivity index (χ3n) is 6.56. The topological polar surface area (TPSA) is 86.0 Å². The van der Waals surface area contributed by atoms with Gasteiger partial charge in [-0.05, 0) is 57.2 Å². The van der Waals surface area contributed by atoms with Gasteiger partial charge >= 0.3 is 0 Å². The molecule has 3 aromatic heterocycles. The molecule has 0 saturated heterocycles. The van der Waals surface area contributed by atoms with E-state index in [9.17, 15) is 0 Å². The van der Waals surface area contributed by atoms with Gasteiger partial charge in [-0.25, -0.2) is 4.68 Å². The summed E-state index contributed by atoms with van der Waals surface area (Å²) in [6.07, 6.45) is 7.81. The number of hydrogen-bond donors (Lipinski definition) is 1. The van der Waals surface area contributed by atoms with Crippen LogP contribution in [-0.2, 0) is 20.1 Å². The van der Waals surface area contributed by atoms with Crippen LogP contribution in [0.1, 0.15) is 44.6 Å². The second-order valence-corrected chi connectivity index (χ2v) is 9.75. The molecule has 0 saturated carbocycles. The van der Waals surface area contributed by atoms with Crippen molar-refractivity contribution >= 4 is 23.1 Å². The van der Waals surface area contributed by atoms with Crippen molar-refractivity contribution in [1.29, 1.82) is 0 Å². The third-order valence-corrected chi connectivity index (χ3v) is 6.56. The monoisotopic (exact) mass is 501 g/mol. The van der Waals surface area contributed by atoms with Crippen LogP contribution in [0.25, 0.3) is 34.2 Å². The average molecular weight is 502 g/mol. The Balaban J connectivity index is 1.70. The SMILES string of the molecule is C=CCn1nc(OC(C)C)c2c1CN(CC)CC(C)Oc1c(cnn1C)-c1ccc3n[nH]c(c3c1)/C=C/2. The molecule has 0 radical (unpaired) electrons. The maximum atomic E-state index is 6.50. The molecule has 1 aromatic carbocycles. The summed E-state index contributed by atoms with van der Waals surface area (Å²) >= 11 is 0. The van der Waals surface area contributed by atoms with Crippen LogP contribution in [0.5, 0.6) is 11.8 Å². The molecule has 5 rings (SSSR count). The second-order valence-electron chi connectivity index (χ2n) is 9.75. The van der Waals surface area contributed by atoms with Gasteiger partial charge in [-0.3, -0.25) is 14.7 Å². The first-order chi connectivity index (χ1) is 17.9. The summed E-state index contributed by atoms with van der Waals surface area (Å²) in [6, 6.07) is 6.22. The highest BCUT2D eigenvalue weighted by atomic mass is 16.5. The molecule has 37 heavy (non-hydrogen) atoms. The molecule has 1 unspecified atom stereocenters. The number of H-pyrrole nitrogens is 1. The maximum Gasteiger partial charge on any atom is 0.240 e. The first-order valence-corrected chi connectivity index (χ1v) is 12.8. The molecule has 2 bridgehead atoms. The van der Waals surface area contributed by atoms with Crippen molar-refractivity contribution in [2.24, 2.45) is 7.05 Å². The molecule has 194 valence electrons. The molecule has 1 aliphatic rings. The van der Waals surface area contributed by atoms with E-state index in [1.165, 1.54) is 0 Å². The molecule has 9 nitrogen and oxygen atoms in total. The molecule has 4 aromatic rings. The number of aromatic nitrogens is 6. The number of aryl methyl sites for hydroxylation is 1. The number of nitrogens with one attached hydrogen (secondary N) is 1. The van der Waals surface area contributed by atoms with E-state index in [4.69, 9.17) is 14.6 Å². The average Bonchev–Trinajstić information content (AvgIpc) is 3.52. The van der Waals surface area contributed by atoms with Crippen molar-refractivity contribution in [3.8, 4) is 22.9 Å². The van der Waals surface area contributed by atoms with Crippen LogP contribution in [-0.4, -0.2) is 60.0 Å². The van der Waals surface area contributed by atoms with Crippen LogP contribution >= 0.6 is 0 Å². The van der Waals surface area contributed by atoms with Gasteiger partial charge in [0.25, 0.3) is 0 Å². The summed E-state index contributed by atoms with van der Waals surface area (Å²) < 4.78 is 16.5. The van der Waals surface area contributed by atoms with Crippen LogP contribution in [0.4, 0.5) is 0 Å². The van der Waals surface area contributed by atoms with Crippen molar-refractivity contribution in [3.63, 3.8) is 0 Å². The van der Waals surface area contributed by atoms with Crippen LogP contribution < -0.4 is 9.47 Å². The minimum atomic E-state index is -0.0615. The summed E-state index contributed by atoms with van der Waals surface area (Å²) in [5, 5.41) is 18.1. The Morgan fingerprint density at radius 3 is 2.89 bits per heavy atom. The van der Waals surface area contributed by atoms with Crippen molar-refractivity contribution in [1.82, 2.24) is 34.7 Å². The first kappa shape index (κ1) is 24.8. The quantitative estimate of drug-likeness (QED) is 0.391. The smallest absolute Gasteiger partial charge is 0.240 e. The van der Waals surface area contributed by atoms with E-state index in [1.807, 2.05) is 43.9 Å². The van der Waals surface area contributed by atoms with Crippen molar-refractivity contribution in [2.75, 3.05) is 13.1 Å². The number of allylic oxidation sites excluding steroid dienone is 1. The van der Waals surface area contributed by atoms with Gasteiger partial charge in [0.05, 0.1) is 46.9 Å². The lowest BCUT2D eigenvalue weighted by atomic mass is 10.1. The molecule has 1 atom stereocenters. The van der Waals surface area contributed by atoms with E-state index in [-0.39, 0.29) is 12.2 Å². The number of aromatic amines is 1. The molecule has 4 heterocycles. The summed E-state index contributed by atoms with van der Waals surface area (Å²) in [5.41, 5.74) is 5.83. The molecule has 1 N–H and O–H groups in total. The van der Waals surface area contributed by atoms with E-state index >= 15 is 0 Å². The van der Waals surface area contributed by atoms with Gasteiger partial charge in [0.15, 0.2) is 0 Å². The molecule has 0 aliphatic carbocycles. The minimum Gasteiger partial charge on any atom is -0.473 e. The maximum absolute atomic E-state index is 6.50. The summed E-state index contributed by atoms with van der Waals surface area (Å²) in [6.45, 7) is 15.1. The van der Waals surface area contributed by atoms with E-state index in [2.05, 4.69) is 64.9 Å². The van der Waals surface area contributed by atoms with Crippen LogP contribution in [0.3, 0.4) is 0 Å². The molecular weight excluding hydrogens is 466 g/mol. The number of fused-ring (bicyclic) bond motifs is 4. The van der Waals surface area contributed by atoms with Crippen LogP contribution in [0, 0.1) is 0 Å². The highest BCUT2D eigenvalue weighted by Crippen LogP contribution is 2.34. The lowest BCUT2D eigenvalue weighted by Crippen LogP contribution is -2.34. The zero-order valence-electron chi connectivity index (χ0n) is 22.2. The zero-order chi connectivity index (χ0) is 26.1. The van der Waals surface area contributed by atoms with Crippen molar-refractivity contribution < 1.29 is 9.47 Å². The normalized spacial score (nSPS) is 17.2. The molecule has 1 aliphatic heterocycles. The third kappa shape index (κ3) is 4.91. The van der Waals surface area contributed by atoms with Gasteiger partial charge < -0.3 is 9.47 Å². The Kier molecular flexibility index (Phi) is 6.88. The fraction of sp³-hybridized carbons (Fsp3) is 0.393. The highest BCUT2D eigenvalue weighted by molar-refractivity contribution is 5.93. The molecule has 0 fully saturated rings. The van der Waals surface area contributed by atoms with Crippen molar-refractivity contribution in [2.45, 2.75) is 53.0 Å². The Bertz CT molecular complexity index is 1440. The molecular formula is C28H35N7O2. The van der Waals surface area contributed by atoms with E-state index in [0.717, 1.165) is 58.0 Å². The Morgan fingerprint density at radius 2 is 2.14 bits per heavy atom. The number of nitrogens with zero attached hydrogens (tertiary/aromatic N) is 6. The van der Waals surface area contributed by atoms with E-state index in [0.29, 0.717) is 19.0 Å². The van der Waals surface area contributed by atoms with Crippen LogP contribution in [0.15, 0.2) is 37.1 Å². The standard InChI is InChI=1S/C28H35N7O2/c1-7-13-35-26-17-34(8-2)16-19(5)37-28-23(15-29-33(28)6)20-9-11-24-22(14-20)25(31-30-24)12-10-21(26)27(32-35)36-18(3)4/h7,9-12,14-15,18-19H,1,8,13,16-17H2,2-6H3,(H,30,31)/b12-10+. The minimum absolute atomic E-state index is 0.000420. The number of rotatable bonds is 5. The lowest BCUT2D eigenvalue weighted by Gasteiger charge is -2.25. The summed E-state index contributed by atoms with van der Waals surface area (Å²) in [7, 11) is 1.91. The van der Waals surface area contributed by atoms with Crippen LogP contribution in [0.2, 0.25) is 0 Å². The van der Waals surface area contributed by atoms with Gasteiger partial charge in [0.1, 0.15) is 6.10 Å². The fourth-order valence-corrected chi connectivity index (χ4v) is 4.77. The number of ether oxygens (including phenoxy) is 2. The zero-order valence-corrected chi connectivity index (χ0v) is 22.2. The first-order valence-electron chi connectivity index (χ1n) is 12.8. The number of hydrogen-bond acceptors (Lipinski definition) is 6. The Labute approximate surface area is 217 Å². The molecule has 0 amide bonds. The summed E-state index contributed by atoms with van der Waals surface area (Å²) in [4.78, 5) is 2.36. The van der Waals surface area contributed by atoms with E-state index < -0.39 is 0 Å². The highest BCUT2D eigenvalue weighted by Gasteiger charge is 2.23. The summed E-state index contributed by atoms with van der Waals surface area (Å²) in [5.74, 6) is 1.37. The van der Waals surface area contributed by atoms with Gasteiger partial charge in [0.2, 0.25) is 11.8 Å². The van der Waals surface area contributed by atoms with E-state index in [1.54, 1.807) is 4.68 Å². The Hall–Kier alpha value is -3.85. The Morgan fingerprint density at radius 1 is 1.30 bits per heavy atom. The number of likely N-dealkylation sites (N-methyl/N-ethyl adjacent to an activating group) is 1. The number of benzene rings is 1. The van der Waals surface area contributed by atoms with Gasteiger partial charge in [-0.15, -0.1) is 11.7 Å². The largest absolute Gasteiger partial charge is 0.473 e. The molecule has 0 spiro atoms. The van der Waals surface area contributed by atoms with Gasteiger partial charge in [0, 0.05) is 25.5 Å². The lowest BCUT2D eigenvalue weighted by molar-refractivity contribution is 0.134. The second kappa shape index (κ2) is 10.3. The fourth-order valence-electron chi connectivity index (χ4n) is 4.77. The van der Waals surface area contributed by atoms with Gasteiger partial charge in [-0.1, -0.05) is 19.1 Å². The predicted molar refractivity (Wildman–Crippen MR) is 146 cm³/mol. The van der Waals surface area contributed by atoms with Crippen molar-refractivity contribution in [3.05, 3.63) is 54.0 Å².